The van der Waals surface area contributed by atoms with Gasteiger partial charge in [0, 0.05) is 12.2 Å². The minimum Gasteiger partial charge on any atom is -0.490 e. The van der Waals surface area contributed by atoms with Crippen LogP contribution in [0.4, 0.5) is 5.69 Å². The summed E-state index contributed by atoms with van der Waals surface area (Å²) in [7, 11) is 1.91. The predicted octanol–water partition coefficient (Wildman–Crippen LogP) is 3.58. The first-order valence-electron chi connectivity index (χ1n) is 8.37. The Morgan fingerprint density at radius 3 is 2.50 bits per heavy atom. The summed E-state index contributed by atoms with van der Waals surface area (Å²) in [5.74, 6) is 0.700. The van der Waals surface area contributed by atoms with Gasteiger partial charge in [-0.15, -0.1) is 0 Å². The minimum atomic E-state index is -0.303. The zero-order chi connectivity index (χ0) is 18.9. The maximum atomic E-state index is 12.4. The van der Waals surface area contributed by atoms with Crippen LogP contribution in [-0.4, -0.2) is 30.5 Å². The Labute approximate surface area is 154 Å². The summed E-state index contributed by atoms with van der Waals surface area (Å²) in [5.41, 5.74) is 2.34. The van der Waals surface area contributed by atoms with E-state index in [0.29, 0.717) is 24.4 Å². The Morgan fingerprint density at radius 2 is 1.92 bits per heavy atom. The standard InChI is InChI=1S/C21H23N3O2/c1-4-13-26-20-11-7-18(8-12-20)15-24(3)16(2)21(25)23-19-9-5-17(14-22)6-10-19/h4-12,16H,1,13,15H2,2-3H3,(H,23,25)/t16-/m0/s1. The van der Waals surface area contributed by atoms with E-state index in [2.05, 4.69) is 18.0 Å². The molecule has 0 aromatic heterocycles. The molecule has 1 atom stereocenters. The van der Waals surface area contributed by atoms with Crippen molar-refractivity contribution in [3.8, 4) is 11.8 Å². The van der Waals surface area contributed by atoms with Gasteiger partial charge in [-0.05, 0) is 55.9 Å². The lowest BCUT2D eigenvalue weighted by Gasteiger charge is -2.24. The Hall–Kier alpha value is -3.10. The number of amides is 1. The number of ether oxygens (including phenoxy) is 1. The highest BCUT2D eigenvalue weighted by Gasteiger charge is 2.18. The van der Waals surface area contributed by atoms with Crippen LogP contribution in [0.15, 0.2) is 61.2 Å². The number of hydrogen-bond donors (Lipinski definition) is 1. The number of anilines is 1. The maximum Gasteiger partial charge on any atom is 0.241 e. The monoisotopic (exact) mass is 349 g/mol. The van der Waals surface area contributed by atoms with E-state index >= 15 is 0 Å². The predicted molar refractivity (Wildman–Crippen MR) is 103 cm³/mol. The largest absolute Gasteiger partial charge is 0.490 e. The van der Waals surface area contributed by atoms with Crippen LogP contribution in [0.25, 0.3) is 0 Å². The molecule has 0 saturated carbocycles. The van der Waals surface area contributed by atoms with Crippen LogP contribution in [0.3, 0.4) is 0 Å². The zero-order valence-corrected chi connectivity index (χ0v) is 15.1. The van der Waals surface area contributed by atoms with Crippen molar-refractivity contribution in [2.75, 3.05) is 19.0 Å². The summed E-state index contributed by atoms with van der Waals surface area (Å²) in [6.07, 6.45) is 1.70. The van der Waals surface area contributed by atoms with Gasteiger partial charge in [0.2, 0.25) is 5.91 Å². The number of nitrogens with one attached hydrogen (secondary N) is 1. The zero-order valence-electron chi connectivity index (χ0n) is 15.1. The third kappa shape index (κ3) is 5.47. The van der Waals surface area contributed by atoms with Crippen LogP contribution < -0.4 is 10.1 Å². The second-order valence-corrected chi connectivity index (χ2v) is 6.01. The van der Waals surface area contributed by atoms with Gasteiger partial charge in [0.1, 0.15) is 12.4 Å². The summed E-state index contributed by atoms with van der Waals surface area (Å²) in [6.45, 7) is 6.61. The molecule has 0 saturated heterocycles. The van der Waals surface area contributed by atoms with E-state index < -0.39 is 0 Å². The summed E-state index contributed by atoms with van der Waals surface area (Å²) >= 11 is 0. The highest BCUT2D eigenvalue weighted by molar-refractivity contribution is 5.94. The van der Waals surface area contributed by atoms with Crippen LogP contribution in [0, 0.1) is 11.3 Å². The Balaban J connectivity index is 1.90. The molecule has 1 N–H and O–H groups in total. The van der Waals surface area contributed by atoms with E-state index in [0.717, 1.165) is 11.3 Å². The average Bonchev–Trinajstić information content (AvgIpc) is 2.67. The van der Waals surface area contributed by atoms with Crippen molar-refractivity contribution in [1.82, 2.24) is 4.90 Å². The normalized spacial score (nSPS) is 11.5. The van der Waals surface area contributed by atoms with Gasteiger partial charge in [-0.2, -0.15) is 5.26 Å². The Morgan fingerprint density at radius 1 is 1.27 bits per heavy atom. The van der Waals surface area contributed by atoms with Gasteiger partial charge in [0.15, 0.2) is 0 Å². The lowest BCUT2D eigenvalue weighted by molar-refractivity contribution is -0.120. The van der Waals surface area contributed by atoms with Crippen molar-refractivity contribution in [1.29, 1.82) is 5.26 Å². The smallest absolute Gasteiger partial charge is 0.241 e. The molecule has 0 fully saturated rings. The van der Waals surface area contributed by atoms with Crippen LogP contribution in [0.5, 0.6) is 5.75 Å². The van der Waals surface area contributed by atoms with E-state index in [9.17, 15) is 4.79 Å². The highest BCUT2D eigenvalue weighted by Crippen LogP contribution is 2.15. The molecule has 0 unspecified atom stereocenters. The fourth-order valence-electron chi connectivity index (χ4n) is 2.35. The molecular weight excluding hydrogens is 326 g/mol. The van der Waals surface area contributed by atoms with E-state index in [1.807, 2.05) is 43.1 Å². The first kappa shape index (κ1) is 19.2. The number of nitriles is 1. The van der Waals surface area contributed by atoms with Crippen molar-refractivity contribution in [2.24, 2.45) is 0 Å². The summed E-state index contributed by atoms with van der Waals surface area (Å²) in [6, 6.07) is 16.4. The molecular formula is C21H23N3O2. The van der Waals surface area contributed by atoms with Gasteiger partial charge in [0.25, 0.3) is 0 Å². The molecule has 0 aliphatic carbocycles. The molecule has 5 heteroatoms. The summed E-state index contributed by atoms with van der Waals surface area (Å²) in [5, 5.41) is 11.7. The SMILES string of the molecule is C=CCOc1ccc(CN(C)[C@@H](C)C(=O)Nc2ccc(C#N)cc2)cc1. The minimum absolute atomic E-state index is 0.0943. The number of benzene rings is 2. The third-order valence-electron chi connectivity index (χ3n) is 4.05. The molecule has 2 rings (SSSR count). The number of hydrogen-bond acceptors (Lipinski definition) is 4. The maximum absolute atomic E-state index is 12.4. The molecule has 0 bridgehead atoms. The summed E-state index contributed by atoms with van der Waals surface area (Å²) in [4.78, 5) is 14.4. The van der Waals surface area contributed by atoms with E-state index in [-0.39, 0.29) is 11.9 Å². The molecule has 5 nitrogen and oxygen atoms in total. The summed E-state index contributed by atoms with van der Waals surface area (Å²) < 4.78 is 5.47. The average molecular weight is 349 g/mol. The fraction of sp³-hybridized carbons (Fsp3) is 0.238. The molecule has 2 aromatic carbocycles. The van der Waals surface area contributed by atoms with Crippen LogP contribution in [0.2, 0.25) is 0 Å². The second-order valence-electron chi connectivity index (χ2n) is 6.01. The molecule has 0 aliphatic rings. The van der Waals surface area contributed by atoms with Gasteiger partial charge in [0.05, 0.1) is 17.7 Å². The van der Waals surface area contributed by atoms with Gasteiger partial charge < -0.3 is 10.1 Å². The van der Waals surface area contributed by atoms with Gasteiger partial charge in [-0.3, -0.25) is 9.69 Å². The Kier molecular flexibility index (Phi) is 6.95. The lowest BCUT2D eigenvalue weighted by Crippen LogP contribution is -2.39. The molecule has 0 heterocycles. The molecule has 1 amide bonds. The van der Waals surface area contributed by atoms with E-state index in [4.69, 9.17) is 10.00 Å². The van der Waals surface area contributed by atoms with Gasteiger partial charge in [-0.1, -0.05) is 24.8 Å². The number of carbonyl (C=O) groups is 1. The van der Waals surface area contributed by atoms with Crippen molar-refractivity contribution < 1.29 is 9.53 Å². The quantitative estimate of drug-likeness (QED) is 0.740. The van der Waals surface area contributed by atoms with Crippen molar-refractivity contribution in [3.63, 3.8) is 0 Å². The fourth-order valence-corrected chi connectivity index (χ4v) is 2.35. The van der Waals surface area contributed by atoms with Crippen molar-refractivity contribution in [2.45, 2.75) is 19.5 Å². The first-order chi connectivity index (χ1) is 12.5. The second kappa shape index (κ2) is 9.40. The number of carbonyl (C=O) groups excluding carboxylic acids is 1. The number of rotatable bonds is 8. The van der Waals surface area contributed by atoms with Gasteiger partial charge >= 0.3 is 0 Å². The van der Waals surface area contributed by atoms with Crippen LogP contribution in [0.1, 0.15) is 18.1 Å². The molecule has 2 aromatic rings. The molecule has 0 radical (unpaired) electrons. The van der Waals surface area contributed by atoms with E-state index in [1.54, 1.807) is 30.3 Å². The van der Waals surface area contributed by atoms with Crippen molar-refractivity contribution in [3.05, 3.63) is 72.3 Å². The molecule has 0 aliphatic heterocycles. The van der Waals surface area contributed by atoms with Crippen LogP contribution >= 0.6 is 0 Å². The number of nitrogens with zero attached hydrogens (tertiary/aromatic N) is 2. The molecule has 0 spiro atoms. The topological polar surface area (TPSA) is 65.4 Å². The van der Waals surface area contributed by atoms with Gasteiger partial charge in [-0.25, -0.2) is 0 Å². The first-order valence-corrected chi connectivity index (χ1v) is 8.37. The third-order valence-corrected chi connectivity index (χ3v) is 4.05. The van der Waals surface area contributed by atoms with Crippen molar-refractivity contribution >= 4 is 11.6 Å². The molecule has 26 heavy (non-hydrogen) atoms. The van der Waals surface area contributed by atoms with E-state index in [1.165, 1.54) is 0 Å². The lowest BCUT2D eigenvalue weighted by atomic mass is 10.1. The van der Waals surface area contributed by atoms with Crippen LogP contribution in [-0.2, 0) is 11.3 Å². The Bertz CT molecular complexity index is 776. The number of likely N-dealkylation sites (N-methyl/N-ethyl adjacent to an activating group) is 1. The highest BCUT2D eigenvalue weighted by atomic mass is 16.5. The molecule has 134 valence electrons.